The molecule has 1 rings (SSSR count). The summed E-state index contributed by atoms with van der Waals surface area (Å²) < 4.78 is 0. The first-order valence-electron chi connectivity index (χ1n) is 8.12. The minimum atomic E-state index is -0.836. The summed E-state index contributed by atoms with van der Waals surface area (Å²) in [6, 6.07) is 2.40. The summed E-state index contributed by atoms with van der Waals surface area (Å²) in [5.41, 5.74) is 0.233. The van der Waals surface area contributed by atoms with Crippen LogP contribution in [0, 0.1) is 23.2 Å². The molecule has 116 valence electrons. The lowest BCUT2D eigenvalue weighted by Gasteiger charge is -2.54. The Labute approximate surface area is 127 Å². The van der Waals surface area contributed by atoms with E-state index in [9.17, 15) is 0 Å². The first kappa shape index (κ1) is 17.7. The van der Waals surface area contributed by atoms with E-state index in [1.807, 2.05) is 6.92 Å². The van der Waals surface area contributed by atoms with Crippen LogP contribution in [-0.2, 0) is 0 Å². The smallest absolute Gasteiger partial charge is 0.0692 e. The standard InChI is InChI=1S/C16H33N3Si/c1-13(2)16(4,5)19-10-8-9-18(12-14(3)11-17)15(19)20(6)7/h13-15,20H,8-10,12H2,1-7H3. The van der Waals surface area contributed by atoms with Crippen LogP contribution in [0.15, 0.2) is 0 Å². The van der Waals surface area contributed by atoms with Crippen molar-refractivity contribution < 1.29 is 0 Å². The molecule has 0 aromatic heterocycles. The minimum absolute atomic E-state index is 0.132. The van der Waals surface area contributed by atoms with Crippen molar-refractivity contribution in [1.29, 1.82) is 5.26 Å². The molecule has 0 aromatic carbocycles. The van der Waals surface area contributed by atoms with Crippen molar-refractivity contribution in [2.45, 2.75) is 65.5 Å². The van der Waals surface area contributed by atoms with Crippen molar-refractivity contribution in [2.75, 3.05) is 19.6 Å². The number of hydrogen-bond acceptors (Lipinski definition) is 3. The van der Waals surface area contributed by atoms with Gasteiger partial charge in [0.1, 0.15) is 0 Å². The van der Waals surface area contributed by atoms with Crippen molar-refractivity contribution in [3.63, 3.8) is 0 Å². The quantitative estimate of drug-likeness (QED) is 0.731. The van der Waals surface area contributed by atoms with Crippen LogP contribution < -0.4 is 0 Å². The van der Waals surface area contributed by atoms with E-state index >= 15 is 0 Å². The van der Waals surface area contributed by atoms with E-state index < -0.39 is 8.80 Å². The fraction of sp³-hybridized carbons (Fsp3) is 0.938. The van der Waals surface area contributed by atoms with E-state index in [2.05, 4.69) is 56.7 Å². The largest absolute Gasteiger partial charge is 0.290 e. The molecular formula is C16H33N3Si. The Bertz CT molecular complexity index is 346. The van der Waals surface area contributed by atoms with Crippen LogP contribution in [-0.4, -0.2) is 49.6 Å². The lowest BCUT2D eigenvalue weighted by molar-refractivity contribution is -0.0381. The molecular weight excluding hydrogens is 262 g/mol. The third-order valence-corrected chi connectivity index (χ3v) is 6.99. The minimum Gasteiger partial charge on any atom is -0.290 e. The van der Waals surface area contributed by atoms with E-state index in [-0.39, 0.29) is 11.5 Å². The molecule has 3 nitrogen and oxygen atoms in total. The van der Waals surface area contributed by atoms with Gasteiger partial charge in [0.2, 0.25) is 0 Å². The van der Waals surface area contributed by atoms with Gasteiger partial charge in [-0.05, 0) is 33.1 Å². The second kappa shape index (κ2) is 7.06. The predicted molar refractivity (Wildman–Crippen MR) is 89.3 cm³/mol. The Hall–Kier alpha value is -0.373. The highest BCUT2D eigenvalue weighted by atomic mass is 28.3. The third kappa shape index (κ3) is 3.84. The van der Waals surface area contributed by atoms with Gasteiger partial charge >= 0.3 is 0 Å². The van der Waals surface area contributed by atoms with Gasteiger partial charge in [-0.3, -0.25) is 9.80 Å². The maximum Gasteiger partial charge on any atom is 0.0692 e. The summed E-state index contributed by atoms with van der Waals surface area (Å²) >= 11 is 0. The second-order valence-corrected chi connectivity index (χ2v) is 10.6. The summed E-state index contributed by atoms with van der Waals surface area (Å²) in [5.74, 6) is 1.37. The van der Waals surface area contributed by atoms with Gasteiger partial charge in [0.25, 0.3) is 0 Å². The zero-order valence-electron chi connectivity index (χ0n) is 14.5. The van der Waals surface area contributed by atoms with Crippen molar-refractivity contribution in [2.24, 2.45) is 11.8 Å². The zero-order valence-corrected chi connectivity index (χ0v) is 15.6. The Morgan fingerprint density at radius 2 is 1.85 bits per heavy atom. The zero-order chi connectivity index (χ0) is 15.5. The van der Waals surface area contributed by atoms with Crippen molar-refractivity contribution in [3.8, 4) is 6.07 Å². The third-order valence-electron chi connectivity index (χ3n) is 5.02. The molecule has 2 atom stereocenters. The van der Waals surface area contributed by atoms with E-state index in [0.29, 0.717) is 11.7 Å². The van der Waals surface area contributed by atoms with Gasteiger partial charge in [0.15, 0.2) is 0 Å². The molecule has 0 bridgehead atoms. The van der Waals surface area contributed by atoms with Crippen molar-refractivity contribution in [1.82, 2.24) is 9.80 Å². The van der Waals surface area contributed by atoms with E-state index in [4.69, 9.17) is 5.26 Å². The molecule has 0 aliphatic carbocycles. The van der Waals surface area contributed by atoms with Crippen LogP contribution in [0.2, 0.25) is 13.1 Å². The molecule has 4 heteroatoms. The van der Waals surface area contributed by atoms with Crippen LogP contribution in [0.1, 0.15) is 41.0 Å². The van der Waals surface area contributed by atoms with Crippen LogP contribution in [0.5, 0.6) is 0 Å². The Morgan fingerprint density at radius 1 is 1.25 bits per heavy atom. The molecule has 1 aliphatic heterocycles. The Kier molecular flexibility index (Phi) is 6.24. The first-order valence-corrected chi connectivity index (χ1v) is 11.1. The summed E-state index contributed by atoms with van der Waals surface area (Å²) in [6.07, 6.45) is 1.23. The maximum atomic E-state index is 9.13. The number of nitrogens with zero attached hydrogens (tertiary/aromatic N) is 3. The summed E-state index contributed by atoms with van der Waals surface area (Å²) in [6.45, 7) is 19.7. The number of hydrogen-bond donors (Lipinski definition) is 0. The highest BCUT2D eigenvalue weighted by Gasteiger charge is 2.41. The molecule has 1 fully saturated rings. The first-order chi connectivity index (χ1) is 9.21. The lowest BCUT2D eigenvalue weighted by atomic mass is 9.88. The molecule has 0 spiro atoms. The highest BCUT2D eigenvalue weighted by Crippen LogP contribution is 2.31. The SMILES string of the molecule is CC(C#N)CN1CCCN(C(C)(C)C(C)C)C1[SiH](C)C. The number of rotatable bonds is 5. The van der Waals surface area contributed by atoms with Crippen LogP contribution in [0.4, 0.5) is 0 Å². The molecule has 0 saturated carbocycles. The Morgan fingerprint density at radius 3 is 2.30 bits per heavy atom. The fourth-order valence-electron chi connectivity index (χ4n) is 3.24. The van der Waals surface area contributed by atoms with Gasteiger partial charge < -0.3 is 0 Å². The summed E-state index contributed by atoms with van der Waals surface area (Å²) in [7, 11) is -0.836. The average Bonchev–Trinajstić information content (AvgIpc) is 2.37. The van der Waals surface area contributed by atoms with Crippen LogP contribution in [0.25, 0.3) is 0 Å². The number of nitriles is 1. The van der Waals surface area contributed by atoms with Gasteiger partial charge in [-0.25, -0.2) is 0 Å². The molecule has 0 aromatic rings. The molecule has 0 N–H and O–H groups in total. The van der Waals surface area contributed by atoms with Crippen LogP contribution >= 0.6 is 0 Å². The summed E-state index contributed by atoms with van der Waals surface area (Å²) in [4.78, 5) is 5.33. The van der Waals surface area contributed by atoms with E-state index in [1.54, 1.807) is 0 Å². The monoisotopic (exact) mass is 295 g/mol. The average molecular weight is 296 g/mol. The van der Waals surface area contributed by atoms with Gasteiger partial charge in [-0.2, -0.15) is 5.26 Å². The van der Waals surface area contributed by atoms with Gasteiger partial charge in [-0.15, -0.1) is 0 Å². The highest BCUT2D eigenvalue weighted by molar-refractivity contribution is 6.57. The molecule has 1 saturated heterocycles. The normalized spacial score (nSPS) is 24.1. The van der Waals surface area contributed by atoms with Crippen LogP contribution in [0.3, 0.4) is 0 Å². The van der Waals surface area contributed by atoms with Crippen molar-refractivity contribution in [3.05, 3.63) is 0 Å². The van der Waals surface area contributed by atoms with Crippen molar-refractivity contribution >= 4 is 8.80 Å². The lowest BCUT2D eigenvalue weighted by Crippen LogP contribution is -2.66. The predicted octanol–water partition coefficient (Wildman–Crippen LogP) is 2.94. The maximum absolute atomic E-state index is 9.13. The van der Waals surface area contributed by atoms with E-state index in [0.717, 1.165) is 13.1 Å². The summed E-state index contributed by atoms with van der Waals surface area (Å²) in [5, 5.41) is 9.13. The molecule has 1 heterocycles. The fourth-order valence-corrected chi connectivity index (χ4v) is 5.61. The topological polar surface area (TPSA) is 30.3 Å². The molecule has 0 radical (unpaired) electrons. The van der Waals surface area contributed by atoms with E-state index in [1.165, 1.54) is 13.0 Å². The van der Waals surface area contributed by atoms with Gasteiger partial charge in [0, 0.05) is 31.0 Å². The molecule has 1 aliphatic rings. The molecule has 0 amide bonds. The van der Waals surface area contributed by atoms with Gasteiger partial charge in [0.05, 0.1) is 20.8 Å². The Balaban J connectivity index is 2.97. The molecule has 20 heavy (non-hydrogen) atoms. The second-order valence-electron chi connectivity index (χ2n) is 7.54. The molecule has 2 unspecified atom stereocenters. The van der Waals surface area contributed by atoms with Gasteiger partial charge in [-0.1, -0.05) is 26.9 Å².